The second-order valence-electron chi connectivity index (χ2n) is 4.90. The maximum absolute atomic E-state index is 11.7. The zero-order chi connectivity index (χ0) is 13.0. The number of ether oxygens (including phenoxy) is 1. The number of nitrogens with two attached hydrogens (primary N) is 1. The summed E-state index contributed by atoms with van der Waals surface area (Å²) in [6.45, 7) is 3.01. The van der Waals surface area contributed by atoms with Crippen LogP contribution in [0.15, 0.2) is 4.99 Å². The molecule has 0 aromatic heterocycles. The molecule has 2 rings (SSSR count). The molecular weight excluding hydrogens is 381 g/mol. The molecule has 1 saturated heterocycles. The molecule has 0 spiro atoms. The van der Waals surface area contributed by atoms with Crippen LogP contribution in [-0.4, -0.2) is 63.6 Å². The molecule has 8 heteroatoms. The monoisotopic (exact) mass is 403 g/mol. The van der Waals surface area contributed by atoms with Crippen LogP contribution >= 0.6 is 24.0 Å². The summed E-state index contributed by atoms with van der Waals surface area (Å²) in [4.78, 5) is 6.07. The van der Waals surface area contributed by atoms with Crippen LogP contribution in [0.2, 0.25) is 0 Å². The minimum atomic E-state index is -2.95. The first-order valence-electron chi connectivity index (χ1n) is 6.40. The van der Waals surface area contributed by atoms with Crippen molar-refractivity contribution in [3.05, 3.63) is 0 Å². The highest BCUT2D eigenvalue weighted by atomic mass is 127. The van der Waals surface area contributed by atoms with Crippen molar-refractivity contribution >= 4 is 39.8 Å². The third-order valence-corrected chi connectivity index (χ3v) is 4.98. The minimum Gasteiger partial charge on any atom is -0.378 e. The fourth-order valence-electron chi connectivity index (χ4n) is 1.92. The van der Waals surface area contributed by atoms with Gasteiger partial charge in [0.1, 0.15) is 0 Å². The topological polar surface area (TPSA) is 85.0 Å². The summed E-state index contributed by atoms with van der Waals surface area (Å²) in [5, 5.41) is 0. The average Bonchev–Trinajstić information content (AvgIpc) is 3.13. The van der Waals surface area contributed by atoms with Gasteiger partial charge < -0.3 is 15.4 Å². The number of rotatable bonds is 5. The number of hydrogen-bond donors (Lipinski definition) is 1. The molecule has 6 nitrogen and oxygen atoms in total. The second kappa shape index (κ2) is 7.63. The molecule has 0 aromatic carbocycles. The van der Waals surface area contributed by atoms with E-state index in [1.54, 1.807) is 0 Å². The lowest BCUT2D eigenvalue weighted by Crippen LogP contribution is -2.45. The Labute approximate surface area is 131 Å². The molecule has 19 heavy (non-hydrogen) atoms. The van der Waals surface area contributed by atoms with Gasteiger partial charge in [-0.05, 0) is 18.8 Å². The molecule has 0 atom stereocenters. The van der Waals surface area contributed by atoms with Gasteiger partial charge in [-0.1, -0.05) is 0 Å². The normalized spacial score (nSPS) is 21.1. The Morgan fingerprint density at radius 3 is 2.53 bits per heavy atom. The fraction of sp³-hybridized carbons (Fsp3) is 0.909. The van der Waals surface area contributed by atoms with Crippen LogP contribution in [0, 0.1) is 5.92 Å². The van der Waals surface area contributed by atoms with Crippen molar-refractivity contribution in [3.63, 3.8) is 0 Å². The maximum Gasteiger partial charge on any atom is 0.191 e. The number of morpholine rings is 1. The highest BCUT2D eigenvalue weighted by Crippen LogP contribution is 2.30. The van der Waals surface area contributed by atoms with Crippen molar-refractivity contribution in [3.8, 4) is 0 Å². The van der Waals surface area contributed by atoms with E-state index >= 15 is 0 Å². The molecule has 2 aliphatic rings. The lowest BCUT2D eigenvalue weighted by atomic mass is 10.4. The van der Waals surface area contributed by atoms with Gasteiger partial charge in [-0.25, -0.2) is 8.42 Å². The highest BCUT2D eigenvalue weighted by molar-refractivity contribution is 14.0. The van der Waals surface area contributed by atoms with E-state index in [2.05, 4.69) is 4.99 Å². The molecule has 0 aromatic rings. The SMILES string of the molecule is I.NC(=NCCS(=O)(=O)CC1CC1)N1CCOCC1. The van der Waals surface area contributed by atoms with Crippen molar-refractivity contribution in [1.82, 2.24) is 4.90 Å². The number of halogens is 1. The van der Waals surface area contributed by atoms with E-state index in [-0.39, 0.29) is 36.3 Å². The largest absolute Gasteiger partial charge is 0.378 e. The third-order valence-electron chi connectivity index (χ3n) is 3.20. The molecule has 112 valence electrons. The van der Waals surface area contributed by atoms with Gasteiger partial charge in [0, 0.05) is 13.1 Å². The van der Waals surface area contributed by atoms with Gasteiger partial charge >= 0.3 is 0 Å². The second-order valence-corrected chi connectivity index (χ2v) is 7.13. The zero-order valence-electron chi connectivity index (χ0n) is 11.0. The maximum atomic E-state index is 11.7. The molecule has 1 aliphatic carbocycles. The zero-order valence-corrected chi connectivity index (χ0v) is 14.1. The Bertz CT molecular complexity index is 403. The van der Waals surface area contributed by atoms with E-state index in [0.29, 0.717) is 30.8 Å². The van der Waals surface area contributed by atoms with Crippen molar-refractivity contribution in [2.45, 2.75) is 12.8 Å². The predicted molar refractivity (Wildman–Crippen MR) is 85.7 cm³/mol. The van der Waals surface area contributed by atoms with E-state index in [9.17, 15) is 8.42 Å². The van der Waals surface area contributed by atoms with Gasteiger partial charge in [0.2, 0.25) is 0 Å². The smallest absolute Gasteiger partial charge is 0.191 e. The third kappa shape index (κ3) is 6.26. The molecule has 0 bridgehead atoms. The summed E-state index contributed by atoms with van der Waals surface area (Å²) in [6.07, 6.45) is 2.11. The van der Waals surface area contributed by atoms with Crippen LogP contribution in [0.1, 0.15) is 12.8 Å². The van der Waals surface area contributed by atoms with E-state index in [1.807, 2.05) is 4.90 Å². The fourth-order valence-corrected chi connectivity index (χ4v) is 3.51. The molecule has 1 heterocycles. The first kappa shape index (κ1) is 17.0. The van der Waals surface area contributed by atoms with Crippen molar-refractivity contribution in [1.29, 1.82) is 0 Å². The van der Waals surface area contributed by atoms with Crippen LogP contribution in [0.4, 0.5) is 0 Å². The summed E-state index contributed by atoms with van der Waals surface area (Å²) in [5.41, 5.74) is 5.82. The number of aliphatic imine (C=N–C) groups is 1. The Balaban J connectivity index is 0.00000180. The van der Waals surface area contributed by atoms with Gasteiger partial charge in [-0.2, -0.15) is 0 Å². The van der Waals surface area contributed by atoms with Gasteiger partial charge in [0.05, 0.1) is 31.3 Å². The van der Waals surface area contributed by atoms with E-state index in [1.165, 1.54) is 0 Å². The van der Waals surface area contributed by atoms with Gasteiger partial charge in [0.15, 0.2) is 15.8 Å². The number of sulfone groups is 1. The van der Waals surface area contributed by atoms with Crippen LogP contribution < -0.4 is 5.73 Å². The minimum absolute atomic E-state index is 0. The first-order valence-corrected chi connectivity index (χ1v) is 8.22. The summed E-state index contributed by atoms with van der Waals surface area (Å²) >= 11 is 0. The van der Waals surface area contributed by atoms with Crippen molar-refractivity contribution < 1.29 is 13.2 Å². The van der Waals surface area contributed by atoms with Crippen molar-refractivity contribution in [2.75, 3.05) is 44.4 Å². The van der Waals surface area contributed by atoms with Crippen LogP contribution in [0.25, 0.3) is 0 Å². The van der Waals surface area contributed by atoms with E-state index in [0.717, 1.165) is 25.9 Å². The predicted octanol–water partition coefficient (Wildman–Crippen LogP) is 0.0761. The van der Waals surface area contributed by atoms with Gasteiger partial charge in [-0.15, -0.1) is 24.0 Å². The molecule has 2 fully saturated rings. The average molecular weight is 403 g/mol. The highest BCUT2D eigenvalue weighted by Gasteiger charge is 2.27. The van der Waals surface area contributed by atoms with Crippen LogP contribution in [0.5, 0.6) is 0 Å². The van der Waals surface area contributed by atoms with Crippen molar-refractivity contribution in [2.24, 2.45) is 16.6 Å². The number of nitrogens with zero attached hydrogens (tertiary/aromatic N) is 2. The van der Waals surface area contributed by atoms with Gasteiger partial charge in [-0.3, -0.25) is 4.99 Å². The lowest BCUT2D eigenvalue weighted by molar-refractivity contribution is 0.0674. The molecule has 2 N–H and O–H groups in total. The van der Waals surface area contributed by atoms with Crippen LogP contribution in [-0.2, 0) is 14.6 Å². The summed E-state index contributed by atoms with van der Waals surface area (Å²) < 4.78 is 28.6. The van der Waals surface area contributed by atoms with Gasteiger partial charge in [0.25, 0.3) is 0 Å². The Morgan fingerprint density at radius 1 is 1.32 bits per heavy atom. The molecular formula is C11H22IN3O3S. The Kier molecular flexibility index (Phi) is 6.81. The quantitative estimate of drug-likeness (QED) is 0.399. The summed E-state index contributed by atoms with van der Waals surface area (Å²) in [6, 6.07) is 0. The molecule has 1 aliphatic heterocycles. The summed E-state index contributed by atoms with van der Waals surface area (Å²) in [5.74, 6) is 1.25. The lowest BCUT2D eigenvalue weighted by Gasteiger charge is -2.27. The summed E-state index contributed by atoms with van der Waals surface area (Å²) in [7, 11) is -2.95. The first-order chi connectivity index (χ1) is 8.57. The molecule has 0 radical (unpaired) electrons. The number of guanidine groups is 1. The molecule has 1 saturated carbocycles. The Hall–Kier alpha value is -0.0900. The van der Waals surface area contributed by atoms with E-state index < -0.39 is 9.84 Å². The van der Waals surface area contributed by atoms with E-state index in [4.69, 9.17) is 10.5 Å². The molecule has 0 amide bonds. The standard InChI is InChI=1S/C11H21N3O3S.HI/c12-11(14-4-6-17-7-5-14)13-3-8-18(15,16)9-10-1-2-10;/h10H,1-9H2,(H2,12,13);1H. The number of hydrogen-bond acceptors (Lipinski definition) is 4. The van der Waals surface area contributed by atoms with Crippen LogP contribution in [0.3, 0.4) is 0 Å². The molecule has 0 unspecified atom stereocenters. The Morgan fingerprint density at radius 2 is 1.95 bits per heavy atom.